The predicted molar refractivity (Wildman–Crippen MR) is 130 cm³/mol. The van der Waals surface area contributed by atoms with Crippen molar-refractivity contribution in [2.24, 2.45) is 0 Å². The summed E-state index contributed by atoms with van der Waals surface area (Å²) in [6, 6.07) is 13.7. The molecule has 1 saturated heterocycles. The van der Waals surface area contributed by atoms with Crippen LogP contribution in [0, 0.1) is 13.8 Å². The molecule has 0 spiro atoms. The van der Waals surface area contributed by atoms with Gasteiger partial charge in [0, 0.05) is 6.54 Å². The van der Waals surface area contributed by atoms with Crippen molar-refractivity contribution >= 4 is 40.3 Å². The summed E-state index contributed by atoms with van der Waals surface area (Å²) >= 11 is 6.59. The van der Waals surface area contributed by atoms with Crippen molar-refractivity contribution in [1.82, 2.24) is 4.90 Å². The van der Waals surface area contributed by atoms with Crippen LogP contribution in [0.1, 0.15) is 23.6 Å². The SMILES string of the molecule is CCN1C(=O)/C(=C\c2cccc(OCCOCCOc3ccc(C)c(C)c3)c2)SC1=S. The molecule has 2 aromatic carbocycles. The molecule has 7 heteroatoms. The summed E-state index contributed by atoms with van der Waals surface area (Å²) in [4.78, 5) is 14.6. The number of thiocarbonyl (C=S) groups is 1. The number of likely N-dealkylation sites (N-methyl/N-ethyl adjacent to an activating group) is 1. The molecule has 0 saturated carbocycles. The maximum atomic E-state index is 12.3. The summed E-state index contributed by atoms with van der Waals surface area (Å²) in [6.45, 7) is 8.54. The Kier molecular flexibility index (Phi) is 8.51. The summed E-state index contributed by atoms with van der Waals surface area (Å²) < 4.78 is 17.7. The molecule has 3 rings (SSSR count). The highest BCUT2D eigenvalue weighted by Crippen LogP contribution is 2.32. The van der Waals surface area contributed by atoms with Gasteiger partial charge in [0.2, 0.25) is 0 Å². The number of ether oxygens (including phenoxy) is 3. The Morgan fingerprint density at radius 1 is 0.968 bits per heavy atom. The van der Waals surface area contributed by atoms with Crippen LogP contribution in [0.25, 0.3) is 6.08 Å². The second-order valence-corrected chi connectivity index (χ2v) is 8.73. The zero-order valence-electron chi connectivity index (χ0n) is 18.1. The van der Waals surface area contributed by atoms with Crippen LogP contribution < -0.4 is 9.47 Å². The summed E-state index contributed by atoms with van der Waals surface area (Å²) in [5.74, 6) is 1.55. The summed E-state index contributed by atoms with van der Waals surface area (Å²) in [6.07, 6.45) is 1.85. The number of carbonyl (C=O) groups excluding carboxylic acids is 1. The minimum Gasteiger partial charge on any atom is -0.491 e. The molecule has 0 aromatic heterocycles. The van der Waals surface area contributed by atoms with Crippen LogP contribution in [0.15, 0.2) is 47.4 Å². The fraction of sp³-hybridized carbons (Fsp3) is 0.333. The monoisotopic (exact) mass is 457 g/mol. The van der Waals surface area contributed by atoms with Gasteiger partial charge >= 0.3 is 0 Å². The van der Waals surface area contributed by atoms with Gasteiger partial charge in [-0.1, -0.05) is 42.2 Å². The van der Waals surface area contributed by atoms with Crippen molar-refractivity contribution in [2.75, 3.05) is 33.0 Å². The standard InChI is InChI=1S/C24H27NO4S2/c1-4-25-23(26)22(31-24(25)30)16-19-6-5-7-20(15-19)28-12-10-27-11-13-29-21-9-8-17(2)18(3)14-21/h5-9,14-16H,4,10-13H2,1-3H3/b22-16+. The van der Waals surface area contributed by atoms with Crippen molar-refractivity contribution in [3.8, 4) is 11.5 Å². The second-order valence-electron chi connectivity index (χ2n) is 7.05. The summed E-state index contributed by atoms with van der Waals surface area (Å²) in [5.41, 5.74) is 3.36. The molecule has 5 nitrogen and oxygen atoms in total. The van der Waals surface area contributed by atoms with E-state index in [1.165, 1.54) is 22.9 Å². The highest BCUT2D eigenvalue weighted by molar-refractivity contribution is 8.26. The first-order valence-corrected chi connectivity index (χ1v) is 11.5. The summed E-state index contributed by atoms with van der Waals surface area (Å²) in [5, 5.41) is 0. The van der Waals surface area contributed by atoms with Crippen molar-refractivity contribution in [2.45, 2.75) is 20.8 Å². The van der Waals surface area contributed by atoms with E-state index >= 15 is 0 Å². The third-order valence-corrected chi connectivity index (χ3v) is 6.19. The molecule has 0 aliphatic carbocycles. The van der Waals surface area contributed by atoms with Crippen molar-refractivity contribution in [3.63, 3.8) is 0 Å². The highest BCUT2D eigenvalue weighted by atomic mass is 32.2. The van der Waals surface area contributed by atoms with Crippen LogP contribution in [0.5, 0.6) is 11.5 Å². The Morgan fingerprint density at radius 3 is 2.32 bits per heavy atom. The van der Waals surface area contributed by atoms with Gasteiger partial charge in [-0.3, -0.25) is 9.69 Å². The zero-order valence-corrected chi connectivity index (χ0v) is 19.7. The highest BCUT2D eigenvalue weighted by Gasteiger charge is 2.30. The number of nitrogens with zero attached hydrogens (tertiary/aromatic N) is 1. The topological polar surface area (TPSA) is 48.0 Å². The van der Waals surface area contributed by atoms with Gasteiger partial charge in [0.05, 0.1) is 18.1 Å². The number of hydrogen-bond donors (Lipinski definition) is 0. The normalized spacial score (nSPS) is 15.1. The Balaban J connectivity index is 1.39. The third-order valence-electron chi connectivity index (χ3n) is 4.82. The first-order chi connectivity index (χ1) is 15.0. The average molecular weight is 458 g/mol. The maximum Gasteiger partial charge on any atom is 0.266 e. The molecule has 31 heavy (non-hydrogen) atoms. The smallest absolute Gasteiger partial charge is 0.266 e. The Bertz CT molecular complexity index is 974. The molecule has 1 aliphatic rings. The largest absolute Gasteiger partial charge is 0.491 e. The molecule has 0 unspecified atom stereocenters. The van der Waals surface area contributed by atoms with Gasteiger partial charge in [0.25, 0.3) is 5.91 Å². The van der Waals surface area contributed by atoms with Gasteiger partial charge in [-0.15, -0.1) is 0 Å². The molecule has 1 heterocycles. The van der Waals surface area contributed by atoms with E-state index in [1.807, 2.05) is 49.4 Å². The number of rotatable bonds is 10. The molecule has 0 radical (unpaired) electrons. The first kappa shape index (κ1) is 23.3. The predicted octanol–water partition coefficient (Wildman–Crippen LogP) is 5.00. The molecule has 1 amide bonds. The van der Waals surface area contributed by atoms with Crippen molar-refractivity contribution < 1.29 is 19.0 Å². The molecular formula is C24H27NO4S2. The van der Waals surface area contributed by atoms with E-state index in [-0.39, 0.29) is 5.91 Å². The van der Waals surface area contributed by atoms with E-state index in [4.69, 9.17) is 26.4 Å². The van der Waals surface area contributed by atoms with Crippen LogP contribution in [0.3, 0.4) is 0 Å². The van der Waals surface area contributed by atoms with Crippen molar-refractivity contribution in [3.05, 3.63) is 64.1 Å². The Morgan fingerprint density at radius 2 is 1.68 bits per heavy atom. The van der Waals surface area contributed by atoms with Gasteiger partial charge in [0.1, 0.15) is 29.0 Å². The zero-order chi connectivity index (χ0) is 22.2. The lowest BCUT2D eigenvalue weighted by Crippen LogP contribution is -2.27. The second kappa shape index (κ2) is 11.3. The van der Waals surface area contributed by atoms with Crippen LogP contribution in [-0.2, 0) is 9.53 Å². The van der Waals surface area contributed by atoms with Gasteiger partial charge in [0.15, 0.2) is 0 Å². The lowest BCUT2D eigenvalue weighted by Gasteiger charge is -2.10. The maximum absolute atomic E-state index is 12.3. The average Bonchev–Trinajstić information content (AvgIpc) is 3.02. The van der Waals surface area contributed by atoms with E-state index in [0.29, 0.717) is 42.2 Å². The number of aryl methyl sites for hydroxylation is 2. The first-order valence-electron chi connectivity index (χ1n) is 10.2. The molecule has 0 atom stereocenters. The molecule has 164 valence electrons. The number of amides is 1. The number of thioether (sulfide) groups is 1. The van der Waals surface area contributed by atoms with Crippen molar-refractivity contribution in [1.29, 1.82) is 0 Å². The quantitative estimate of drug-likeness (QED) is 0.284. The van der Waals surface area contributed by atoms with Crippen LogP contribution in [0.2, 0.25) is 0 Å². The van der Waals surface area contributed by atoms with Crippen LogP contribution in [-0.4, -0.2) is 48.1 Å². The lowest BCUT2D eigenvalue weighted by molar-refractivity contribution is -0.121. The number of hydrogen-bond acceptors (Lipinski definition) is 6. The Labute approximate surface area is 193 Å². The molecule has 0 bridgehead atoms. The number of benzene rings is 2. The third kappa shape index (κ3) is 6.56. The van der Waals surface area contributed by atoms with E-state index < -0.39 is 0 Å². The van der Waals surface area contributed by atoms with E-state index in [2.05, 4.69) is 19.9 Å². The van der Waals surface area contributed by atoms with Gasteiger partial charge in [-0.2, -0.15) is 0 Å². The van der Waals surface area contributed by atoms with Crippen LogP contribution in [0.4, 0.5) is 0 Å². The molecule has 1 aliphatic heterocycles. The van der Waals surface area contributed by atoms with Gasteiger partial charge in [-0.05, 0) is 67.8 Å². The molecule has 0 N–H and O–H groups in total. The molecule has 1 fully saturated rings. The summed E-state index contributed by atoms with van der Waals surface area (Å²) in [7, 11) is 0. The van der Waals surface area contributed by atoms with Gasteiger partial charge < -0.3 is 14.2 Å². The fourth-order valence-corrected chi connectivity index (χ4v) is 4.34. The fourth-order valence-electron chi connectivity index (χ4n) is 2.96. The van der Waals surface area contributed by atoms with E-state index in [0.717, 1.165) is 17.1 Å². The minimum absolute atomic E-state index is 0.0414. The number of carbonyl (C=O) groups is 1. The minimum atomic E-state index is -0.0414. The lowest BCUT2D eigenvalue weighted by atomic mass is 10.1. The van der Waals surface area contributed by atoms with E-state index in [1.54, 1.807) is 4.90 Å². The Hall–Kier alpha value is -2.35. The van der Waals surface area contributed by atoms with Crippen LogP contribution >= 0.6 is 24.0 Å². The molecular weight excluding hydrogens is 430 g/mol. The molecule has 2 aromatic rings. The van der Waals surface area contributed by atoms with Gasteiger partial charge in [-0.25, -0.2) is 0 Å². The van der Waals surface area contributed by atoms with E-state index in [9.17, 15) is 4.79 Å².